The molecule has 1 aliphatic carbocycles. The second kappa shape index (κ2) is 9.66. The summed E-state index contributed by atoms with van der Waals surface area (Å²) in [5.74, 6) is 0. The summed E-state index contributed by atoms with van der Waals surface area (Å²) in [4.78, 5) is 0. The highest BCUT2D eigenvalue weighted by Gasteiger charge is 2.38. The Morgan fingerprint density at radius 2 is 1.39 bits per heavy atom. The van der Waals surface area contributed by atoms with Crippen LogP contribution in [0.5, 0.6) is 0 Å². The first-order chi connectivity index (χ1) is 8.67. The molecule has 0 aromatic carbocycles. The van der Waals surface area contributed by atoms with Crippen LogP contribution in [-0.2, 0) is 0 Å². The third kappa shape index (κ3) is 6.82. The molecule has 108 valence electrons. The number of unbranched alkanes of at least 4 members (excludes halogenated alkanes) is 6. The van der Waals surface area contributed by atoms with Gasteiger partial charge in [0, 0.05) is 0 Å². The number of halogens is 2. The average molecular weight is 309 g/mol. The second-order valence-electron chi connectivity index (χ2n) is 5.97. The van der Waals surface area contributed by atoms with E-state index >= 15 is 0 Å². The highest BCUT2D eigenvalue weighted by atomic mass is 35.7. The predicted molar refractivity (Wildman–Crippen MR) is 87.1 cm³/mol. The fourth-order valence-electron chi connectivity index (χ4n) is 3.05. The molecule has 1 rings (SSSR count). The minimum absolute atomic E-state index is 0.690. The van der Waals surface area contributed by atoms with Gasteiger partial charge >= 0.3 is 0 Å². The van der Waals surface area contributed by atoms with E-state index in [2.05, 4.69) is 6.92 Å². The van der Waals surface area contributed by atoms with E-state index in [9.17, 15) is 0 Å². The monoisotopic (exact) mass is 308 g/mol. The van der Waals surface area contributed by atoms with Crippen molar-refractivity contribution >= 4 is 28.9 Å². The van der Waals surface area contributed by atoms with Crippen LogP contribution in [0.1, 0.15) is 84.0 Å². The van der Waals surface area contributed by atoms with Crippen molar-refractivity contribution < 1.29 is 0 Å². The Hall–Kier alpha value is 0.797. The molecule has 0 N–H and O–H groups in total. The first-order valence-corrected chi connectivity index (χ1v) is 12.4. The minimum atomic E-state index is -1.93. The Morgan fingerprint density at radius 1 is 0.833 bits per heavy atom. The molecule has 0 spiro atoms. The van der Waals surface area contributed by atoms with Crippen molar-refractivity contribution in [2.45, 2.75) is 95.6 Å². The van der Waals surface area contributed by atoms with Gasteiger partial charge in [0.2, 0.25) is 0 Å². The molecular formula is C15H30Cl2Si. The van der Waals surface area contributed by atoms with Crippen molar-refractivity contribution in [3.8, 4) is 0 Å². The molecule has 0 atom stereocenters. The molecule has 0 heterocycles. The number of hydrogen-bond donors (Lipinski definition) is 0. The molecule has 0 radical (unpaired) electrons. The van der Waals surface area contributed by atoms with Gasteiger partial charge in [0.15, 0.2) is 0 Å². The minimum Gasteiger partial charge on any atom is -0.146 e. The van der Waals surface area contributed by atoms with Crippen LogP contribution in [0.2, 0.25) is 11.6 Å². The van der Waals surface area contributed by atoms with Crippen LogP contribution in [0.4, 0.5) is 0 Å². The highest BCUT2D eigenvalue weighted by molar-refractivity contribution is 7.46. The van der Waals surface area contributed by atoms with Crippen LogP contribution >= 0.6 is 22.2 Å². The molecule has 0 aliphatic heterocycles. The molecule has 1 aliphatic rings. The SMILES string of the molecule is CCCCCCCCC[Si](Cl)(Cl)C1CCCCC1. The molecule has 18 heavy (non-hydrogen) atoms. The predicted octanol–water partition coefficient (Wildman–Crippen LogP) is 6.99. The maximum absolute atomic E-state index is 6.68. The molecule has 0 aromatic heterocycles. The largest absolute Gasteiger partial charge is 0.254 e. The summed E-state index contributed by atoms with van der Waals surface area (Å²) in [5.41, 5.74) is 0.690. The van der Waals surface area contributed by atoms with E-state index in [1.807, 2.05) is 0 Å². The number of hydrogen-bond acceptors (Lipinski definition) is 0. The fraction of sp³-hybridized carbons (Fsp3) is 1.00. The second-order valence-corrected chi connectivity index (χ2v) is 13.4. The Kier molecular flexibility index (Phi) is 9.04. The first-order valence-electron chi connectivity index (χ1n) is 8.04. The van der Waals surface area contributed by atoms with Crippen molar-refractivity contribution in [2.75, 3.05) is 0 Å². The van der Waals surface area contributed by atoms with E-state index in [1.165, 1.54) is 77.0 Å². The third-order valence-electron chi connectivity index (χ3n) is 4.32. The molecule has 3 heteroatoms. The van der Waals surface area contributed by atoms with Gasteiger partial charge in [-0.15, -0.1) is 22.2 Å². The van der Waals surface area contributed by atoms with Gasteiger partial charge in [-0.05, 0) is 11.6 Å². The quantitative estimate of drug-likeness (QED) is 0.244. The third-order valence-corrected chi connectivity index (χ3v) is 10.1. The zero-order valence-corrected chi connectivity index (χ0v) is 14.5. The van der Waals surface area contributed by atoms with E-state index in [-0.39, 0.29) is 0 Å². The lowest BCUT2D eigenvalue weighted by molar-refractivity contribution is 0.495. The molecule has 1 saturated carbocycles. The zero-order chi connectivity index (χ0) is 13.3. The molecule has 0 nitrogen and oxygen atoms in total. The van der Waals surface area contributed by atoms with E-state index in [4.69, 9.17) is 22.2 Å². The summed E-state index contributed by atoms with van der Waals surface area (Å²) in [7, 11) is 0. The molecule has 0 bridgehead atoms. The van der Waals surface area contributed by atoms with Crippen LogP contribution in [-0.4, -0.2) is 6.69 Å². The highest BCUT2D eigenvalue weighted by Crippen LogP contribution is 2.44. The van der Waals surface area contributed by atoms with Crippen molar-refractivity contribution in [1.82, 2.24) is 0 Å². The Balaban J connectivity index is 2.05. The maximum Gasteiger partial charge on any atom is 0.254 e. The lowest BCUT2D eigenvalue weighted by atomic mass is 10.0. The molecule has 1 fully saturated rings. The summed E-state index contributed by atoms with van der Waals surface area (Å²) in [6, 6.07) is 1.13. The van der Waals surface area contributed by atoms with Crippen LogP contribution in [0.3, 0.4) is 0 Å². The molecular weight excluding hydrogens is 279 g/mol. The summed E-state index contributed by atoms with van der Waals surface area (Å²) < 4.78 is 0. The van der Waals surface area contributed by atoms with Gasteiger partial charge in [0.1, 0.15) is 0 Å². The van der Waals surface area contributed by atoms with Gasteiger partial charge in [-0.3, -0.25) is 0 Å². The van der Waals surface area contributed by atoms with Crippen molar-refractivity contribution in [3.63, 3.8) is 0 Å². The molecule has 0 amide bonds. The molecule has 0 saturated heterocycles. The van der Waals surface area contributed by atoms with E-state index in [0.29, 0.717) is 5.54 Å². The Labute approximate surface area is 124 Å². The summed E-state index contributed by atoms with van der Waals surface area (Å²) >= 11 is 13.4. The van der Waals surface area contributed by atoms with Crippen LogP contribution in [0.25, 0.3) is 0 Å². The molecule has 0 aromatic rings. The Bertz CT molecular complexity index is 201. The van der Waals surface area contributed by atoms with Gasteiger partial charge in [0.05, 0.1) is 0 Å². The summed E-state index contributed by atoms with van der Waals surface area (Å²) in [6.45, 7) is 0.336. The first kappa shape index (κ1) is 16.9. The smallest absolute Gasteiger partial charge is 0.146 e. The van der Waals surface area contributed by atoms with Crippen LogP contribution < -0.4 is 0 Å². The van der Waals surface area contributed by atoms with Crippen molar-refractivity contribution in [2.24, 2.45) is 0 Å². The van der Waals surface area contributed by atoms with E-state index < -0.39 is 6.69 Å². The van der Waals surface area contributed by atoms with Gasteiger partial charge < -0.3 is 0 Å². The normalized spacial score (nSPS) is 18.2. The van der Waals surface area contributed by atoms with Crippen LogP contribution in [0.15, 0.2) is 0 Å². The summed E-state index contributed by atoms with van der Waals surface area (Å²) in [6.07, 6.45) is 16.2. The standard InChI is InChI=1S/C15H30Cl2Si/c1-2-3-4-5-6-7-11-14-18(16,17)15-12-9-8-10-13-15/h15H,2-14H2,1H3. The van der Waals surface area contributed by atoms with Gasteiger partial charge in [-0.1, -0.05) is 84.0 Å². The topological polar surface area (TPSA) is 0 Å². The molecule has 0 unspecified atom stereocenters. The Morgan fingerprint density at radius 3 is 2.00 bits per heavy atom. The van der Waals surface area contributed by atoms with E-state index in [0.717, 1.165) is 6.04 Å². The number of rotatable bonds is 9. The average Bonchev–Trinajstić information content (AvgIpc) is 2.39. The zero-order valence-electron chi connectivity index (χ0n) is 12.0. The lowest BCUT2D eigenvalue weighted by Gasteiger charge is -2.30. The summed E-state index contributed by atoms with van der Waals surface area (Å²) in [5, 5.41) is 0. The van der Waals surface area contributed by atoms with Crippen molar-refractivity contribution in [1.29, 1.82) is 0 Å². The fourth-order valence-corrected chi connectivity index (χ4v) is 7.54. The lowest BCUT2D eigenvalue weighted by Crippen LogP contribution is -2.28. The van der Waals surface area contributed by atoms with Gasteiger partial charge in [-0.2, -0.15) is 0 Å². The van der Waals surface area contributed by atoms with Gasteiger partial charge in [-0.25, -0.2) is 0 Å². The van der Waals surface area contributed by atoms with E-state index in [1.54, 1.807) is 0 Å². The maximum atomic E-state index is 6.68. The van der Waals surface area contributed by atoms with Crippen LogP contribution in [0, 0.1) is 0 Å². The van der Waals surface area contributed by atoms with Crippen molar-refractivity contribution in [3.05, 3.63) is 0 Å². The van der Waals surface area contributed by atoms with Gasteiger partial charge in [0.25, 0.3) is 6.69 Å².